The number of anilines is 1. The normalized spacial score (nSPS) is 12.0. The summed E-state index contributed by atoms with van der Waals surface area (Å²) in [6, 6.07) is 13.5. The molecule has 0 aromatic heterocycles. The highest BCUT2D eigenvalue weighted by atomic mass is 35.5. The number of para-hydroxylation sites is 1. The number of thioether (sulfide) groups is 1. The molecule has 1 N–H and O–H groups in total. The summed E-state index contributed by atoms with van der Waals surface area (Å²) in [5.74, 6) is 0.00681. The van der Waals surface area contributed by atoms with E-state index in [0.717, 1.165) is 21.7 Å². The van der Waals surface area contributed by atoms with Gasteiger partial charge in [0.05, 0.1) is 5.25 Å². The number of carbonyl (C=O) groups excluding carboxylic acids is 1. The van der Waals surface area contributed by atoms with Gasteiger partial charge in [0.2, 0.25) is 5.91 Å². The van der Waals surface area contributed by atoms with E-state index in [1.807, 2.05) is 63.2 Å². The first-order chi connectivity index (χ1) is 9.97. The zero-order chi connectivity index (χ0) is 15.4. The number of nitrogens with one attached hydrogen (secondary N) is 1. The minimum atomic E-state index is -0.176. The Labute approximate surface area is 134 Å². The van der Waals surface area contributed by atoms with E-state index >= 15 is 0 Å². The molecule has 2 aromatic rings. The minimum absolute atomic E-state index is 0.00681. The average Bonchev–Trinajstić information content (AvgIpc) is 2.45. The van der Waals surface area contributed by atoms with Gasteiger partial charge < -0.3 is 5.32 Å². The first-order valence-corrected chi connectivity index (χ1v) is 8.02. The van der Waals surface area contributed by atoms with Crippen LogP contribution in [0.2, 0.25) is 5.02 Å². The van der Waals surface area contributed by atoms with Crippen LogP contribution in [0.1, 0.15) is 18.1 Å². The summed E-state index contributed by atoms with van der Waals surface area (Å²) >= 11 is 7.39. The van der Waals surface area contributed by atoms with Crippen LogP contribution < -0.4 is 5.32 Å². The summed E-state index contributed by atoms with van der Waals surface area (Å²) in [5.41, 5.74) is 3.06. The molecule has 0 unspecified atom stereocenters. The molecule has 0 heterocycles. The van der Waals surface area contributed by atoms with Crippen molar-refractivity contribution in [3.8, 4) is 0 Å². The molecule has 1 atom stereocenters. The lowest BCUT2D eigenvalue weighted by Crippen LogP contribution is -2.23. The lowest BCUT2D eigenvalue weighted by Gasteiger charge is -2.15. The molecular formula is C17H18ClNOS. The molecule has 1 amide bonds. The number of hydrogen-bond donors (Lipinski definition) is 1. The molecule has 2 rings (SSSR count). The average molecular weight is 320 g/mol. The molecule has 0 radical (unpaired) electrons. The van der Waals surface area contributed by atoms with E-state index < -0.39 is 0 Å². The second-order valence-electron chi connectivity index (χ2n) is 4.97. The lowest BCUT2D eigenvalue weighted by atomic mass is 10.1. The molecule has 2 aromatic carbocycles. The lowest BCUT2D eigenvalue weighted by molar-refractivity contribution is -0.115. The fourth-order valence-corrected chi connectivity index (χ4v) is 3.00. The van der Waals surface area contributed by atoms with Crippen molar-refractivity contribution >= 4 is 35.0 Å². The summed E-state index contributed by atoms with van der Waals surface area (Å²) in [5, 5.41) is 3.55. The van der Waals surface area contributed by atoms with Crippen LogP contribution in [0, 0.1) is 13.8 Å². The monoisotopic (exact) mass is 319 g/mol. The topological polar surface area (TPSA) is 29.1 Å². The largest absolute Gasteiger partial charge is 0.325 e. The van der Waals surface area contributed by atoms with E-state index in [1.54, 1.807) is 0 Å². The quantitative estimate of drug-likeness (QED) is 0.796. The van der Waals surface area contributed by atoms with Gasteiger partial charge in [0.1, 0.15) is 0 Å². The summed E-state index contributed by atoms with van der Waals surface area (Å²) in [6.07, 6.45) is 0. The maximum Gasteiger partial charge on any atom is 0.237 e. The second-order valence-corrected chi connectivity index (χ2v) is 6.82. The van der Waals surface area contributed by atoms with E-state index in [-0.39, 0.29) is 11.2 Å². The molecule has 21 heavy (non-hydrogen) atoms. The van der Waals surface area contributed by atoms with Crippen molar-refractivity contribution in [1.82, 2.24) is 0 Å². The number of carbonyl (C=O) groups is 1. The van der Waals surface area contributed by atoms with Crippen LogP contribution in [0.25, 0.3) is 0 Å². The third-order valence-corrected chi connectivity index (χ3v) is 4.59. The Kier molecular flexibility index (Phi) is 5.32. The van der Waals surface area contributed by atoms with E-state index in [2.05, 4.69) is 5.32 Å². The van der Waals surface area contributed by atoms with Crippen molar-refractivity contribution in [3.05, 3.63) is 58.6 Å². The Morgan fingerprint density at radius 1 is 1.10 bits per heavy atom. The molecule has 110 valence electrons. The van der Waals surface area contributed by atoms with Crippen molar-refractivity contribution in [1.29, 1.82) is 0 Å². The van der Waals surface area contributed by atoms with Crippen LogP contribution in [-0.4, -0.2) is 11.2 Å². The second kappa shape index (κ2) is 7.01. The summed E-state index contributed by atoms with van der Waals surface area (Å²) in [4.78, 5) is 13.4. The maximum atomic E-state index is 12.3. The smallest absolute Gasteiger partial charge is 0.237 e. The molecule has 0 saturated heterocycles. The number of amides is 1. The molecule has 0 aliphatic carbocycles. The molecule has 0 fully saturated rings. The van der Waals surface area contributed by atoms with Crippen LogP contribution in [0.3, 0.4) is 0 Å². The Hall–Kier alpha value is -1.45. The Balaban J connectivity index is 2.04. The number of benzene rings is 2. The highest BCUT2D eigenvalue weighted by Crippen LogP contribution is 2.26. The molecule has 0 spiro atoms. The van der Waals surface area contributed by atoms with Gasteiger partial charge in [-0.1, -0.05) is 29.8 Å². The zero-order valence-corrected chi connectivity index (χ0v) is 13.9. The van der Waals surface area contributed by atoms with Crippen molar-refractivity contribution in [2.75, 3.05) is 5.32 Å². The van der Waals surface area contributed by atoms with Crippen molar-refractivity contribution in [2.24, 2.45) is 0 Å². The van der Waals surface area contributed by atoms with E-state index in [9.17, 15) is 4.79 Å². The fourth-order valence-electron chi connectivity index (χ4n) is 2.01. The van der Waals surface area contributed by atoms with Crippen LogP contribution >= 0.6 is 23.4 Å². The number of rotatable bonds is 4. The van der Waals surface area contributed by atoms with Crippen LogP contribution in [0.5, 0.6) is 0 Å². The van der Waals surface area contributed by atoms with Gasteiger partial charge in [-0.05, 0) is 56.2 Å². The standard InChI is InChI=1S/C17H18ClNOS/c1-11-5-4-6-12(2)16(11)19-17(20)13(3)21-15-9-7-14(18)8-10-15/h4-10,13H,1-3H3,(H,19,20)/t13-/m0/s1. The van der Waals surface area contributed by atoms with Crippen molar-refractivity contribution in [2.45, 2.75) is 30.9 Å². The van der Waals surface area contributed by atoms with Gasteiger partial charge in [-0.25, -0.2) is 0 Å². The first-order valence-electron chi connectivity index (χ1n) is 6.76. The molecule has 0 aliphatic heterocycles. The van der Waals surface area contributed by atoms with Crippen molar-refractivity contribution < 1.29 is 4.79 Å². The Bertz CT molecular complexity index is 619. The third-order valence-electron chi connectivity index (χ3n) is 3.23. The van der Waals surface area contributed by atoms with Gasteiger partial charge in [-0.2, -0.15) is 0 Å². The number of aryl methyl sites for hydroxylation is 2. The maximum absolute atomic E-state index is 12.3. The summed E-state index contributed by atoms with van der Waals surface area (Å²) < 4.78 is 0. The molecule has 2 nitrogen and oxygen atoms in total. The first kappa shape index (κ1) is 15.9. The molecular weight excluding hydrogens is 302 g/mol. The number of hydrogen-bond acceptors (Lipinski definition) is 2. The van der Waals surface area contributed by atoms with Gasteiger partial charge >= 0.3 is 0 Å². The fraction of sp³-hybridized carbons (Fsp3) is 0.235. The van der Waals surface area contributed by atoms with Crippen LogP contribution in [0.4, 0.5) is 5.69 Å². The van der Waals surface area contributed by atoms with Gasteiger partial charge in [0.15, 0.2) is 0 Å². The Morgan fingerprint density at radius 3 is 2.24 bits per heavy atom. The van der Waals surface area contributed by atoms with E-state index in [0.29, 0.717) is 5.02 Å². The summed E-state index contributed by atoms with van der Waals surface area (Å²) in [7, 11) is 0. The van der Waals surface area contributed by atoms with Gasteiger partial charge in [-0.3, -0.25) is 4.79 Å². The predicted octanol–water partition coefficient (Wildman–Crippen LogP) is 5.08. The van der Waals surface area contributed by atoms with E-state index in [1.165, 1.54) is 11.8 Å². The predicted molar refractivity (Wildman–Crippen MR) is 91.3 cm³/mol. The third kappa shape index (κ3) is 4.26. The minimum Gasteiger partial charge on any atom is -0.325 e. The zero-order valence-electron chi connectivity index (χ0n) is 12.3. The molecule has 0 aliphatic rings. The van der Waals surface area contributed by atoms with Gasteiger partial charge in [0, 0.05) is 15.6 Å². The molecule has 0 bridgehead atoms. The molecule has 0 saturated carbocycles. The van der Waals surface area contributed by atoms with E-state index in [4.69, 9.17) is 11.6 Å². The van der Waals surface area contributed by atoms with Crippen LogP contribution in [0.15, 0.2) is 47.4 Å². The highest BCUT2D eigenvalue weighted by Gasteiger charge is 2.16. The van der Waals surface area contributed by atoms with Gasteiger partial charge in [0.25, 0.3) is 0 Å². The van der Waals surface area contributed by atoms with Gasteiger partial charge in [-0.15, -0.1) is 11.8 Å². The summed E-state index contributed by atoms with van der Waals surface area (Å²) in [6.45, 7) is 5.90. The SMILES string of the molecule is Cc1cccc(C)c1NC(=O)[C@H](C)Sc1ccc(Cl)cc1. The van der Waals surface area contributed by atoms with Crippen molar-refractivity contribution in [3.63, 3.8) is 0 Å². The van der Waals surface area contributed by atoms with Crippen LogP contribution in [-0.2, 0) is 4.79 Å². The highest BCUT2D eigenvalue weighted by molar-refractivity contribution is 8.00. The number of halogens is 1. The Morgan fingerprint density at radius 2 is 1.67 bits per heavy atom. The molecule has 4 heteroatoms.